The fourth-order valence-corrected chi connectivity index (χ4v) is 3.98. The fourth-order valence-electron chi connectivity index (χ4n) is 3.98. The van der Waals surface area contributed by atoms with Crippen molar-refractivity contribution in [1.29, 1.82) is 0 Å². The third kappa shape index (κ3) is 1.32. The van der Waals surface area contributed by atoms with Crippen molar-refractivity contribution in [3.63, 3.8) is 0 Å². The van der Waals surface area contributed by atoms with E-state index in [1.165, 1.54) is 24.8 Å². The molecule has 1 aromatic carbocycles. The van der Waals surface area contributed by atoms with Gasteiger partial charge in [-0.05, 0) is 47.5 Å². The van der Waals surface area contributed by atoms with Crippen molar-refractivity contribution in [2.45, 2.75) is 45.4 Å². The number of fused-ring (bicyclic) bond motifs is 2. The Kier molecular flexibility index (Phi) is 2.69. The molecule has 0 radical (unpaired) electrons. The Labute approximate surface area is 110 Å². The molecular formula is C18H22. The number of hydrogen-bond acceptors (Lipinski definition) is 0. The van der Waals surface area contributed by atoms with Crippen LogP contribution in [0, 0.1) is 5.92 Å². The van der Waals surface area contributed by atoms with E-state index in [1.54, 1.807) is 16.7 Å². The van der Waals surface area contributed by atoms with E-state index in [0.717, 1.165) is 0 Å². The maximum atomic E-state index is 2.41. The van der Waals surface area contributed by atoms with Gasteiger partial charge >= 0.3 is 0 Å². The molecule has 3 rings (SSSR count). The number of rotatable bonds is 2. The van der Waals surface area contributed by atoms with E-state index in [1.807, 2.05) is 0 Å². The molecule has 1 atom stereocenters. The predicted molar refractivity (Wildman–Crippen MR) is 78.5 cm³/mol. The van der Waals surface area contributed by atoms with E-state index in [-0.39, 0.29) is 5.41 Å². The first kappa shape index (κ1) is 11.8. The van der Waals surface area contributed by atoms with Crippen LogP contribution in [0.3, 0.4) is 0 Å². The van der Waals surface area contributed by atoms with Crippen molar-refractivity contribution < 1.29 is 0 Å². The van der Waals surface area contributed by atoms with Crippen molar-refractivity contribution in [2.75, 3.05) is 0 Å². The Hall–Kier alpha value is -1.30. The van der Waals surface area contributed by atoms with Gasteiger partial charge in [0.05, 0.1) is 0 Å². The van der Waals surface area contributed by atoms with Crippen LogP contribution < -0.4 is 0 Å². The molecule has 0 aromatic heterocycles. The molecule has 2 aliphatic rings. The minimum absolute atomic E-state index is 0.275. The van der Waals surface area contributed by atoms with E-state index in [9.17, 15) is 0 Å². The maximum absolute atomic E-state index is 2.41. The molecule has 0 heterocycles. The highest BCUT2D eigenvalue weighted by Crippen LogP contribution is 2.54. The van der Waals surface area contributed by atoms with Crippen LogP contribution in [0.15, 0.2) is 42.0 Å². The van der Waals surface area contributed by atoms with Gasteiger partial charge in [-0.3, -0.25) is 0 Å². The lowest BCUT2D eigenvalue weighted by atomic mass is 9.71. The maximum Gasteiger partial charge on any atom is 0.0206 e. The van der Waals surface area contributed by atoms with Gasteiger partial charge < -0.3 is 0 Å². The molecule has 94 valence electrons. The summed E-state index contributed by atoms with van der Waals surface area (Å²) in [5, 5.41) is 0. The predicted octanol–water partition coefficient (Wildman–Crippen LogP) is 5.11. The first-order valence-electron chi connectivity index (χ1n) is 7.25. The van der Waals surface area contributed by atoms with Crippen LogP contribution in [0.5, 0.6) is 0 Å². The smallest absolute Gasteiger partial charge is 0.0206 e. The summed E-state index contributed by atoms with van der Waals surface area (Å²) in [6, 6.07) is 9.07. The molecule has 0 aliphatic heterocycles. The van der Waals surface area contributed by atoms with Gasteiger partial charge in [0.2, 0.25) is 0 Å². The summed E-state index contributed by atoms with van der Waals surface area (Å²) in [6.45, 7) is 7.05. The van der Waals surface area contributed by atoms with E-state index >= 15 is 0 Å². The van der Waals surface area contributed by atoms with Crippen LogP contribution in [0.4, 0.5) is 0 Å². The minimum Gasteiger partial charge on any atom is -0.0836 e. The topological polar surface area (TPSA) is 0 Å². The Balaban J connectivity index is 2.31. The zero-order valence-corrected chi connectivity index (χ0v) is 11.7. The standard InChI is InChI=1S/C18H22/c1-4-18(5-2)15-11-7-6-10-14(15)17-13(3)9-8-12-16(17)18/h6-8,10-13H,4-5,9H2,1-3H3. The van der Waals surface area contributed by atoms with Crippen LogP contribution in [0.1, 0.15) is 51.2 Å². The van der Waals surface area contributed by atoms with Gasteiger partial charge in [-0.2, -0.15) is 0 Å². The molecule has 0 spiro atoms. The summed E-state index contributed by atoms with van der Waals surface area (Å²) in [5.41, 5.74) is 6.59. The molecule has 18 heavy (non-hydrogen) atoms. The van der Waals surface area contributed by atoms with E-state index in [4.69, 9.17) is 0 Å². The third-order valence-electron chi connectivity index (χ3n) is 5.01. The van der Waals surface area contributed by atoms with Crippen LogP contribution >= 0.6 is 0 Å². The third-order valence-corrected chi connectivity index (χ3v) is 5.01. The van der Waals surface area contributed by atoms with Crippen LogP contribution in [0.25, 0.3) is 5.57 Å². The summed E-state index contributed by atoms with van der Waals surface area (Å²) < 4.78 is 0. The number of benzene rings is 1. The average molecular weight is 238 g/mol. The highest BCUT2D eigenvalue weighted by Gasteiger charge is 2.42. The lowest BCUT2D eigenvalue weighted by Crippen LogP contribution is -2.24. The van der Waals surface area contributed by atoms with Gasteiger partial charge in [0.15, 0.2) is 0 Å². The van der Waals surface area contributed by atoms with Crippen molar-refractivity contribution in [2.24, 2.45) is 5.92 Å². The molecule has 2 aliphatic carbocycles. The quantitative estimate of drug-likeness (QED) is 0.672. The van der Waals surface area contributed by atoms with Crippen LogP contribution in [0.2, 0.25) is 0 Å². The molecule has 1 aromatic rings. The zero-order valence-electron chi connectivity index (χ0n) is 11.7. The second-order valence-electron chi connectivity index (χ2n) is 5.70. The van der Waals surface area contributed by atoms with E-state index in [0.29, 0.717) is 5.92 Å². The zero-order chi connectivity index (χ0) is 12.8. The normalized spacial score (nSPS) is 24.1. The van der Waals surface area contributed by atoms with Crippen molar-refractivity contribution >= 4 is 5.57 Å². The van der Waals surface area contributed by atoms with Gasteiger partial charge in [0.1, 0.15) is 0 Å². The molecule has 0 bridgehead atoms. The second kappa shape index (κ2) is 4.12. The monoisotopic (exact) mass is 238 g/mol. The largest absolute Gasteiger partial charge is 0.0836 e. The van der Waals surface area contributed by atoms with Crippen LogP contribution in [-0.4, -0.2) is 0 Å². The van der Waals surface area contributed by atoms with Crippen molar-refractivity contribution in [1.82, 2.24) is 0 Å². The van der Waals surface area contributed by atoms with Gasteiger partial charge in [-0.15, -0.1) is 0 Å². The molecule has 0 saturated carbocycles. The molecule has 1 unspecified atom stereocenters. The Morgan fingerprint density at radius 3 is 2.61 bits per heavy atom. The first-order chi connectivity index (χ1) is 8.74. The summed E-state index contributed by atoms with van der Waals surface area (Å²) in [7, 11) is 0. The van der Waals surface area contributed by atoms with E-state index < -0.39 is 0 Å². The SMILES string of the molecule is CCC1(CC)C2=C(c3ccccc31)C(C)CC=C2. The lowest BCUT2D eigenvalue weighted by Gasteiger charge is -2.32. The highest BCUT2D eigenvalue weighted by atomic mass is 14.5. The number of hydrogen-bond donors (Lipinski definition) is 0. The second-order valence-corrected chi connectivity index (χ2v) is 5.70. The molecule has 0 nitrogen and oxygen atoms in total. The van der Waals surface area contributed by atoms with Gasteiger partial charge in [0.25, 0.3) is 0 Å². The lowest BCUT2D eigenvalue weighted by molar-refractivity contribution is 0.483. The van der Waals surface area contributed by atoms with Crippen molar-refractivity contribution in [3.8, 4) is 0 Å². The van der Waals surface area contributed by atoms with Gasteiger partial charge in [-0.25, -0.2) is 0 Å². The molecule has 0 saturated heterocycles. The fraction of sp³-hybridized carbons (Fsp3) is 0.444. The summed E-state index contributed by atoms with van der Waals surface area (Å²) in [6.07, 6.45) is 8.38. The summed E-state index contributed by atoms with van der Waals surface area (Å²) in [5.74, 6) is 0.672. The first-order valence-corrected chi connectivity index (χ1v) is 7.25. The Morgan fingerprint density at radius 1 is 1.17 bits per heavy atom. The molecule has 0 fully saturated rings. The Morgan fingerprint density at radius 2 is 1.89 bits per heavy atom. The average Bonchev–Trinajstić information content (AvgIpc) is 2.70. The molecule has 0 N–H and O–H groups in total. The molecular weight excluding hydrogens is 216 g/mol. The Bertz CT molecular complexity index is 527. The molecule has 0 amide bonds. The van der Waals surface area contributed by atoms with Crippen LogP contribution in [-0.2, 0) is 5.41 Å². The van der Waals surface area contributed by atoms with Crippen molar-refractivity contribution in [3.05, 3.63) is 53.1 Å². The summed E-state index contributed by atoms with van der Waals surface area (Å²) in [4.78, 5) is 0. The number of allylic oxidation sites excluding steroid dienone is 4. The van der Waals surface area contributed by atoms with Gasteiger partial charge in [-0.1, -0.05) is 57.2 Å². The molecule has 0 heteroatoms. The van der Waals surface area contributed by atoms with Gasteiger partial charge in [0, 0.05) is 5.41 Å². The minimum atomic E-state index is 0.275. The summed E-state index contributed by atoms with van der Waals surface area (Å²) >= 11 is 0. The van der Waals surface area contributed by atoms with E-state index in [2.05, 4.69) is 57.2 Å². The highest BCUT2D eigenvalue weighted by molar-refractivity contribution is 5.84.